The molecule has 21 heavy (non-hydrogen) atoms. The third kappa shape index (κ3) is 3.38. The van der Waals surface area contributed by atoms with E-state index < -0.39 is 0 Å². The van der Waals surface area contributed by atoms with Gasteiger partial charge in [0.2, 0.25) is 0 Å². The van der Waals surface area contributed by atoms with Crippen molar-refractivity contribution < 1.29 is 9.47 Å². The molecule has 0 unspecified atom stereocenters. The molecule has 1 aromatic heterocycles. The van der Waals surface area contributed by atoms with Gasteiger partial charge in [0.15, 0.2) is 0 Å². The van der Waals surface area contributed by atoms with Crippen molar-refractivity contribution in [1.82, 2.24) is 9.78 Å². The fraction of sp³-hybridized carbons (Fsp3) is 0.250. The molecule has 0 bridgehead atoms. The van der Waals surface area contributed by atoms with E-state index >= 15 is 0 Å². The largest absolute Gasteiger partial charge is 0.494 e. The number of hydrogen-bond acceptors (Lipinski definition) is 4. The van der Waals surface area contributed by atoms with Gasteiger partial charge in [-0.2, -0.15) is 5.10 Å². The molecule has 2 aromatic rings. The predicted octanol–water partition coefficient (Wildman–Crippen LogP) is 2.52. The molecule has 0 radical (unpaired) electrons. The summed E-state index contributed by atoms with van der Waals surface area (Å²) in [6, 6.07) is 11.1. The van der Waals surface area contributed by atoms with Crippen LogP contribution in [0.3, 0.4) is 0 Å². The highest BCUT2D eigenvalue weighted by Gasteiger charge is 2.14. The zero-order valence-electron chi connectivity index (χ0n) is 12.2. The highest BCUT2D eigenvalue weighted by atomic mass is 16.5. The Hall–Kier alpha value is -2.40. The van der Waals surface area contributed by atoms with Gasteiger partial charge in [-0.15, -0.1) is 0 Å². The Morgan fingerprint density at radius 3 is 2.67 bits per heavy atom. The summed E-state index contributed by atoms with van der Waals surface area (Å²) in [4.78, 5) is 12.0. The molecule has 5 heteroatoms. The minimum absolute atomic E-state index is 0.0973. The van der Waals surface area contributed by atoms with E-state index in [0.717, 1.165) is 5.56 Å². The minimum Gasteiger partial charge on any atom is -0.494 e. The first-order valence-corrected chi connectivity index (χ1v) is 6.66. The van der Waals surface area contributed by atoms with Crippen LogP contribution in [-0.2, 0) is 16.2 Å². The van der Waals surface area contributed by atoms with Gasteiger partial charge < -0.3 is 9.47 Å². The molecule has 0 saturated carbocycles. The van der Waals surface area contributed by atoms with Crippen LogP contribution >= 0.6 is 0 Å². The fourth-order valence-corrected chi connectivity index (χ4v) is 1.98. The van der Waals surface area contributed by atoms with Crippen molar-refractivity contribution in [1.29, 1.82) is 0 Å². The Morgan fingerprint density at radius 1 is 1.33 bits per heavy atom. The summed E-state index contributed by atoms with van der Waals surface area (Å²) < 4.78 is 11.7. The van der Waals surface area contributed by atoms with Gasteiger partial charge in [-0.25, -0.2) is 4.68 Å². The van der Waals surface area contributed by atoms with E-state index in [9.17, 15) is 4.79 Å². The maximum absolute atomic E-state index is 12.0. The van der Waals surface area contributed by atoms with Crippen LogP contribution < -0.4 is 5.56 Å². The first kappa shape index (κ1) is 15.0. The molecule has 0 N–H and O–H groups in total. The van der Waals surface area contributed by atoms with E-state index in [1.165, 1.54) is 17.9 Å². The number of rotatable bonds is 6. The summed E-state index contributed by atoms with van der Waals surface area (Å²) in [5.41, 5.74) is 1.87. The smallest absolute Gasteiger partial charge is 0.269 e. The Kier molecular flexibility index (Phi) is 4.90. The molecule has 0 aliphatic heterocycles. The lowest BCUT2D eigenvalue weighted by atomic mass is 10.1. The topological polar surface area (TPSA) is 53.4 Å². The van der Waals surface area contributed by atoms with Gasteiger partial charge in [0.25, 0.3) is 5.56 Å². The molecular formula is C16H18N2O3. The van der Waals surface area contributed by atoms with E-state index in [2.05, 4.69) is 11.7 Å². The molecule has 0 spiro atoms. The van der Waals surface area contributed by atoms with Crippen LogP contribution in [0.15, 0.2) is 47.8 Å². The van der Waals surface area contributed by atoms with Crippen molar-refractivity contribution in [3.63, 3.8) is 0 Å². The maximum atomic E-state index is 12.0. The average molecular weight is 286 g/mol. The monoisotopic (exact) mass is 286 g/mol. The first-order valence-electron chi connectivity index (χ1n) is 6.66. The van der Waals surface area contributed by atoms with E-state index in [1.807, 2.05) is 37.3 Å². The summed E-state index contributed by atoms with van der Waals surface area (Å²) in [5.74, 6) is 0.436. The van der Waals surface area contributed by atoms with Crippen molar-refractivity contribution >= 4 is 5.76 Å². The summed E-state index contributed by atoms with van der Waals surface area (Å²) in [6.07, 6.45) is 0. The van der Waals surface area contributed by atoms with Gasteiger partial charge in [0.1, 0.15) is 18.2 Å². The molecular weight excluding hydrogens is 268 g/mol. The number of ether oxygens (including phenoxy) is 2. The van der Waals surface area contributed by atoms with Gasteiger partial charge in [0, 0.05) is 24.3 Å². The Labute approximate surface area is 123 Å². The molecule has 0 fully saturated rings. The molecule has 0 atom stereocenters. The first-order chi connectivity index (χ1) is 10.2. The Morgan fingerprint density at radius 2 is 2.05 bits per heavy atom. The van der Waals surface area contributed by atoms with E-state index in [-0.39, 0.29) is 12.3 Å². The molecule has 110 valence electrons. The average Bonchev–Trinajstić information content (AvgIpc) is 2.50. The van der Waals surface area contributed by atoms with Crippen LogP contribution in [0.5, 0.6) is 0 Å². The Bertz CT molecular complexity index is 678. The Balaban J connectivity index is 2.60. The summed E-state index contributed by atoms with van der Waals surface area (Å²) in [5, 5.41) is 4.37. The zero-order chi connectivity index (χ0) is 15.2. The number of aromatic nitrogens is 2. The molecule has 1 aromatic carbocycles. The SMILES string of the molecule is C=C(OCC)c1cc(=O)n(COC)nc1-c1ccccc1. The molecule has 1 heterocycles. The van der Waals surface area contributed by atoms with Crippen LogP contribution in [-0.4, -0.2) is 23.5 Å². The van der Waals surface area contributed by atoms with Gasteiger partial charge in [-0.1, -0.05) is 36.9 Å². The van der Waals surface area contributed by atoms with Crippen molar-refractivity contribution in [2.75, 3.05) is 13.7 Å². The number of methoxy groups -OCH3 is 1. The van der Waals surface area contributed by atoms with Crippen LogP contribution in [0, 0.1) is 0 Å². The highest BCUT2D eigenvalue weighted by molar-refractivity contribution is 5.74. The molecule has 0 aliphatic carbocycles. The fourth-order valence-electron chi connectivity index (χ4n) is 1.98. The predicted molar refractivity (Wildman–Crippen MR) is 81.6 cm³/mol. The molecule has 2 rings (SSSR count). The molecule has 0 saturated heterocycles. The van der Waals surface area contributed by atoms with E-state index in [1.54, 1.807) is 0 Å². The maximum Gasteiger partial charge on any atom is 0.269 e. The van der Waals surface area contributed by atoms with Crippen molar-refractivity contribution in [2.45, 2.75) is 13.7 Å². The number of hydrogen-bond donors (Lipinski definition) is 0. The minimum atomic E-state index is -0.257. The third-order valence-electron chi connectivity index (χ3n) is 2.92. The summed E-state index contributed by atoms with van der Waals surface area (Å²) >= 11 is 0. The molecule has 0 amide bonds. The van der Waals surface area contributed by atoms with Gasteiger partial charge in [-0.05, 0) is 6.92 Å². The van der Waals surface area contributed by atoms with Crippen LogP contribution in [0.2, 0.25) is 0 Å². The van der Waals surface area contributed by atoms with Crippen LogP contribution in [0.1, 0.15) is 12.5 Å². The normalized spacial score (nSPS) is 10.4. The standard InChI is InChI=1S/C16H18N2O3/c1-4-21-12(2)14-10-15(19)18(11-20-3)17-16(14)13-8-6-5-7-9-13/h5-10H,2,4,11H2,1,3H3. The second-order valence-electron chi connectivity index (χ2n) is 4.38. The van der Waals surface area contributed by atoms with Gasteiger partial charge in [0.05, 0.1) is 6.61 Å². The van der Waals surface area contributed by atoms with Gasteiger partial charge in [-0.3, -0.25) is 4.79 Å². The zero-order valence-corrected chi connectivity index (χ0v) is 12.2. The van der Waals surface area contributed by atoms with E-state index in [4.69, 9.17) is 9.47 Å². The van der Waals surface area contributed by atoms with Gasteiger partial charge >= 0.3 is 0 Å². The van der Waals surface area contributed by atoms with Crippen molar-refractivity contribution in [2.24, 2.45) is 0 Å². The lowest BCUT2D eigenvalue weighted by molar-refractivity contribution is 0.116. The van der Waals surface area contributed by atoms with Crippen molar-refractivity contribution in [3.8, 4) is 11.3 Å². The molecule has 0 aliphatic rings. The second kappa shape index (κ2) is 6.85. The van der Waals surface area contributed by atoms with Crippen LogP contribution in [0.25, 0.3) is 17.0 Å². The quantitative estimate of drug-likeness (QED) is 0.766. The highest BCUT2D eigenvalue weighted by Crippen LogP contribution is 2.25. The van der Waals surface area contributed by atoms with E-state index in [0.29, 0.717) is 23.6 Å². The number of benzene rings is 1. The second-order valence-corrected chi connectivity index (χ2v) is 4.38. The lowest BCUT2D eigenvalue weighted by Gasteiger charge is -2.13. The molecule has 5 nitrogen and oxygen atoms in total. The van der Waals surface area contributed by atoms with Crippen molar-refractivity contribution in [3.05, 3.63) is 58.9 Å². The number of nitrogens with zero attached hydrogens (tertiary/aromatic N) is 2. The summed E-state index contributed by atoms with van der Waals surface area (Å²) in [7, 11) is 1.52. The summed E-state index contributed by atoms with van der Waals surface area (Å²) in [6.45, 7) is 6.32. The lowest BCUT2D eigenvalue weighted by Crippen LogP contribution is -2.24. The third-order valence-corrected chi connectivity index (χ3v) is 2.92. The van der Waals surface area contributed by atoms with Crippen LogP contribution in [0.4, 0.5) is 0 Å².